The van der Waals surface area contributed by atoms with Crippen molar-refractivity contribution in [2.75, 3.05) is 24.9 Å². The smallest absolute Gasteiger partial charge is 0.360 e. The highest BCUT2D eigenvalue weighted by molar-refractivity contribution is 7.90. The number of aryl methyl sites for hydroxylation is 1. The van der Waals surface area contributed by atoms with Crippen molar-refractivity contribution in [3.8, 4) is 0 Å². The molecule has 19 heavy (non-hydrogen) atoms. The molecule has 0 aromatic carbocycles. The van der Waals surface area contributed by atoms with Crippen LogP contribution in [0.15, 0.2) is 0 Å². The van der Waals surface area contributed by atoms with Crippen molar-refractivity contribution in [2.24, 2.45) is 0 Å². The summed E-state index contributed by atoms with van der Waals surface area (Å²) in [5.74, 6) is 0.346. The van der Waals surface area contributed by atoms with Gasteiger partial charge in [0.1, 0.15) is 21.5 Å². The first-order valence-electron chi connectivity index (χ1n) is 5.91. The number of aromatic nitrogens is 2. The van der Waals surface area contributed by atoms with E-state index in [-0.39, 0.29) is 17.3 Å². The maximum absolute atomic E-state index is 11.5. The Morgan fingerprint density at radius 3 is 2.58 bits per heavy atom. The fourth-order valence-corrected chi connectivity index (χ4v) is 2.42. The SMILES string of the molecule is CCc1nc(C(=O)OC)c(N)n1CCCS(C)(=O)=O. The number of methoxy groups -OCH3 is 1. The Balaban J connectivity index is 2.93. The summed E-state index contributed by atoms with van der Waals surface area (Å²) in [5.41, 5.74) is 5.94. The number of nitrogen functional groups attached to an aromatic ring is 1. The molecule has 0 aliphatic carbocycles. The third-order valence-corrected chi connectivity index (χ3v) is 3.71. The fourth-order valence-electron chi connectivity index (χ4n) is 1.76. The molecule has 0 amide bonds. The van der Waals surface area contributed by atoms with Gasteiger partial charge in [0.15, 0.2) is 5.69 Å². The molecule has 2 N–H and O–H groups in total. The summed E-state index contributed by atoms with van der Waals surface area (Å²) in [5, 5.41) is 0. The van der Waals surface area contributed by atoms with Crippen molar-refractivity contribution in [2.45, 2.75) is 26.3 Å². The first-order valence-corrected chi connectivity index (χ1v) is 7.97. The van der Waals surface area contributed by atoms with Crippen LogP contribution in [0.2, 0.25) is 0 Å². The predicted octanol–water partition coefficient (Wildman–Crippen LogP) is 0.249. The van der Waals surface area contributed by atoms with E-state index in [1.807, 2.05) is 6.92 Å². The highest BCUT2D eigenvalue weighted by Crippen LogP contribution is 2.17. The third kappa shape index (κ3) is 3.95. The molecule has 0 aliphatic rings. The van der Waals surface area contributed by atoms with Crippen molar-refractivity contribution in [1.29, 1.82) is 0 Å². The summed E-state index contributed by atoms with van der Waals surface area (Å²) in [6.07, 6.45) is 2.21. The van der Waals surface area contributed by atoms with Crippen LogP contribution in [0, 0.1) is 0 Å². The first-order chi connectivity index (χ1) is 8.80. The van der Waals surface area contributed by atoms with Crippen LogP contribution in [0.1, 0.15) is 29.7 Å². The standard InChI is InChI=1S/C11H19N3O4S/c1-4-8-13-9(11(15)18-2)10(12)14(8)6-5-7-19(3,16)17/h4-7,12H2,1-3H3. The zero-order valence-electron chi connectivity index (χ0n) is 11.3. The van der Waals surface area contributed by atoms with E-state index in [0.717, 1.165) is 0 Å². The van der Waals surface area contributed by atoms with E-state index in [4.69, 9.17) is 5.73 Å². The largest absolute Gasteiger partial charge is 0.464 e. The van der Waals surface area contributed by atoms with Gasteiger partial charge in [0.2, 0.25) is 0 Å². The number of carbonyl (C=O) groups excluding carboxylic acids is 1. The summed E-state index contributed by atoms with van der Waals surface area (Å²) in [6, 6.07) is 0. The molecular formula is C11H19N3O4S. The van der Waals surface area contributed by atoms with Crippen LogP contribution in [0.4, 0.5) is 5.82 Å². The predicted molar refractivity (Wildman–Crippen MR) is 71.7 cm³/mol. The molecule has 1 rings (SSSR count). The minimum Gasteiger partial charge on any atom is -0.464 e. The van der Waals surface area contributed by atoms with Crippen LogP contribution in [0.5, 0.6) is 0 Å². The van der Waals surface area contributed by atoms with Crippen LogP contribution in [-0.4, -0.2) is 43.1 Å². The molecule has 0 atom stereocenters. The van der Waals surface area contributed by atoms with E-state index < -0.39 is 15.8 Å². The summed E-state index contributed by atoms with van der Waals surface area (Å²) in [6.45, 7) is 2.29. The summed E-state index contributed by atoms with van der Waals surface area (Å²) < 4.78 is 28.4. The minimum atomic E-state index is -3.01. The minimum absolute atomic E-state index is 0.0708. The number of carbonyl (C=O) groups is 1. The quantitative estimate of drug-likeness (QED) is 0.753. The number of anilines is 1. The maximum Gasteiger partial charge on any atom is 0.360 e. The highest BCUT2D eigenvalue weighted by atomic mass is 32.2. The van der Waals surface area contributed by atoms with E-state index in [2.05, 4.69) is 9.72 Å². The van der Waals surface area contributed by atoms with Crippen LogP contribution in [0.25, 0.3) is 0 Å². The van der Waals surface area contributed by atoms with Gasteiger partial charge in [0, 0.05) is 19.2 Å². The number of rotatable bonds is 6. The molecule has 0 bridgehead atoms. The second kappa shape index (κ2) is 6.05. The number of imidazole rings is 1. The maximum atomic E-state index is 11.5. The summed E-state index contributed by atoms with van der Waals surface area (Å²) in [4.78, 5) is 15.6. The third-order valence-electron chi connectivity index (χ3n) is 2.68. The number of esters is 1. The van der Waals surface area contributed by atoms with Crippen molar-refractivity contribution in [3.05, 3.63) is 11.5 Å². The van der Waals surface area contributed by atoms with Crippen LogP contribution in [0.3, 0.4) is 0 Å². The van der Waals surface area contributed by atoms with Gasteiger partial charge in [-0.05, 0) is 6.42 Å². The molecule has 0 unspecified atom stereocenters. The molecule has 0 radical (unpaired) electrons. The average molecular weight is 289 g/mol. The molecular weight excluding hydrogens is 270 g/mol. The van der Waals surface area contributed by atoms with E-state index >= 15 is 0 Å². The molecule has 0 aliphatic heterocycles. The van der Waals surface area contributed by atoms with Gasteiger partial charge in [-0.1, -0.05) is 6.92 Å². The molecule has 0 spiro atoms. The second-order valence-corrected chi connectivity index (χ2v) is 6.50. The van der Waals surface area contributed by atoms with E-state index in [1.54, 1.807) is 4.57 Å². The Kier molecular flexibility index (Phi) is 4.93. The zero-order chi connectivity index (χ0) is 14.6. The number of ether oxygens (including phenoxy) is 1. The van der Waals surface area contributed by atoms with Gasteiger partial charge >= 0.3 is 5.97 Å². The lowest BCUT2D eigenvalue weighted by Crippen LogP contribution is -2.12. The van der Waals surface area contributed by atoms with Crippen molar-refractivity contribution in [3.63, 3.8) is 0 Å². The van der Waals surface area contributed by atoms with E-state index in [1.165, 1.54) is 13.4 Å². The van der Waals surface area contributed by atoms with Gasteiger partial charge in [-0.2, -0.15) is 0 Å². The van der Waals surface area contributed by atoms with E-state index in [9.17, 15) is 13.2 Å². The lowest BCUT2D eigenvalue weighted by atomic mass is 10.4. The lowest BCUT2D eigenvalue weighted by molar-refractivity contribution is 0.0595. The van der Waals surface area contributed by atoms with Gasteiger partial charge in [0.25, 0.3) is 0 Å². The molecule has 1 aromatic rings. The Hall–Kier alpha value is -1.57. The van der Waals surface area contributed by atoms with Gasteiger partial charge in [0.05, 0.1) is 12.9 Å². The highest BCUT2D eigenvalue weighted by Gasteiger charge is 2.20. The molecule has 8 heteroatoms. The Labute approximate surface area is 112 Å². The van der Waals surface area contributed by atoms with E-state index in [0.29, 0.717) is 25.2 Å². The van der Waals surface area contributed by atoms with Crippen LogP contribution in [-0.2, 0) is 27.5 Å². The molecule has 0 fully saturated rings. The average Bonchev–Trinajstić information content (AvgIpc) is 2.64. The Morgan fingerprint density at radius 1 is 1.47 bits per heavy atom. The number of hydrogen-bond acceptors (Lipinski definition) is 6. The number of hydrogen-bond donors (Lipinski definition) is 1. The molecule has 1 aromatic heterocycles. The Bertz CT molecular complexity index is 563. The summed E-state index contributed by atoms with van der Waals surface area (Å²) >= 11 is 0. The molecule has 1 heterocycles. The van der Waals surface area contributed by atoms with Gasteiger partial charge in [-0.15, -0.1) is 0 Å². The molecule has 0 saturated heterocycles. The summed E-state index contributed by atoms with van der Waals surface area (Å²) in [7, 11) is -1.75. The van der Waals surface area contributed by atoms with Crippen molar-refractivity contribution in [1.82, 2.24) is 9.55 Å². The second-order valence-electron chi connectivity index (χ2n) is 4.24. The van der Waals surface area contributed by atoms with Gasteiger partial charge < -0.3 is 15.0 Å². The lowest BCUT2D eigenvalue weighted by Gasteiger charge is -2.08. The van der Waals surface area contributed by atoms with Crippen LogP contribution < -0.4 is 5.73 Å². The normalized spacial score (nSPS) is 11.5. The Morgan fingerprint density at radius 2 is 2.11 bits per heavy atom. The van der Waals surface area contributed by atoms with Crippen molar-refractivity contribution >= 4 is 21.6 Å². The number of nitrogens with two attached hydrogens (primary N) is 1. The topological polar surface area (TPSA) is 104 Å². The number of nitrogens with zero attached hydrogens (tertiary/aromatic N) is 2. The van der Waals surface area contributed by atoms with Crippen molar-refractivity contribution < 1.29 is 17.9 Å². The van der Waals surface area contributed by atoms with Gasteiger partial charge in [-0.25, -0.2) is 18.2 Å². The fraction of sp³-hybridized carbons (Fsp3) is 0.636. The monoisotopic (exact) mass is 289 g/mol. The van der Waals surface area contributed by atoms with Gasteiger partial charge in [-0.3, -0.25) is 0 Å². The first kappa shape index (κ1) is 15.5. The zero-order valence-corrected chi connectivity index (χ0v) is 12.2. The number of sulfone groups is 1. The molecule has 108 valence electrons. The van der Waals surface area contributed by atoms with Crippen LogP contribution >= 0.6 is 0 Å². The molecule has 7 nitrogen and oxygen atoms in total. The molecule has 0 saturated carbocycles.